The van der Waals surface area contributed by atoms with Crippen LogP contribution in [0.4, 0.5) is 13.2 Å². The molecule has 2 aliphatic carbocycles. The third kappa shape index (κ3) is 11.3. The molecule has 2 saturated carbocycles. The first kappa shape index (κ1) is 42.3. The van der Waals surface area contributed by atoms with E-state index in [1.54, 1.807) is 0 Å². The lowest BCUT2D eigenvalue weighted by Crippen LogP contribution is -2.59. The van der Waals surface area contributed by atoms with Gasteiger partial charge in [0.15, 0.2) is 0 Å². The normalized spacial score (nSPS) is 23.9. The SMILES string of the molecule is C=C(C)NC(CCC)C(C)(C)C.C=CCCNC(=O)C(=O)C(CCC(F)(F)F)NC(=O)C1[C@@H]2[C@H](CN1C(=O)C(N)C1(C)CCCC1)C2(C)C. The Balaban J connectivity index is 0.000000591. The predicted octanol–water partition coefficient (Wildman–Crippen LogP) is 5.79. The van der Waals surface area contributed by atoms with Crippen molar-refractivity contribution in [3.63, 3.8) is 0 Å². The zero-order chi connectivity index (χ0) is 37.5. The summed E-state index contributed by atoms with van der Waals surface area (Å²) in [6, 6.07) is -2.88. The van der Waals surface area contributed by atoms with E-state index >= 15 is 0 Å². The van der Waals surface area contributed by atoms with Crippen LogP contribution in [-0.4, -0.2) is 71.8 Å². The molecule has 12 heteroatoms. The maximum atomic E-state index is 13.5. The fourth-order valence-corrected chi connectivity index (χ4v) is 7.46. The number of halogens is 3. The first-order valence-electron chi connectivity index (χ1n) is 17.8. The second-order valence-corrected chi connectivity index (χ2v) is 16.3. The van der Waals surface area contributed by atoms with Crippen molar-refractivity contribution >= 4 is 23.5 Å². The van der Waals surface area contributed by atoms with Crippen LogP contribution in [0.25, 0.3) is 0 Å². The van der Waals surface area contributed by atoms with Gasteiger partial charge in [0, 0.05) is 31.2 Å². The van der Waals surface area contributed by atoms with E-state index < -0.39 is 54.7 Å². The number of fused-ring (bicyclic) bond motifs is 1. The number of nitrogens with zero attached hydrogens (tertiary/aromatic N) is 1. The van der Waals surface area contributed by atoms with Crippen LogP contribution in [0.1, 0.15) is 113 Å². The molecule has 3 fully saturated rings. The molecule has 1 aliphatic heterocycles. The summed E-state index contributed by atoms with van der Waals surface area (Å²) in [6.07, 6.45) is 1.17. The Hall–Kier alpha value is -2.89. The number of piperidine rings is 1. The van der Waals surface area contributed by atoms with Gasteiger partial charge in [-0.2, -0.15) is 13.2 Å². The quantitative estimate of drug-likeness (QED) is 0.0973. The third-order valence-electron chi connectivity index (χ3n) is 10.8. The van der Waals surface area contributed by atoms with Crippen molar-refractivity contribution in [2.45, 2.75) is 144 Å². The lowest BCUT2D eigenvalue weighted by molar-refractivity contribution is -0.148. The molecule has 4 unspecified atom stereocenters. The van der Waals surface area contributed by atoms with Crippen molar-refractivity contribution in [1.29, 1.82) is 0 Å². The van der Waals surface area contributed by atoms with E-state index in [4.69, 9.17) is 5.73 Å². The summed E-state index contributed by atoms with van der Waals surface area (Å²) in [7, 11) is 0. The molecule has 5 N–H and O–H groups in total. The van der Waals surface area contributed by atoms with Gasteiger partial charge in [-0.15, -0.1) is 6.58 Å². The highest BCUT2D eigenvalue weighted by atomic mass is 19.4. The average molecular weight is 698 g/mol. The number of carbonyl (C=O) groups excluding carboxylic acids is 4. The van der Waals surface area contributed by atoms with E-state index in [0.29, 0.717) is 24.4 Å². The summed E-state index contributed by atoms with van der Waals surface area (Å²) in [6.45, 7) is 24.8. The van der Waals surface area contributed by atoms with Crippen LogP contribution in [0, 0.1) is 28.1 Å². The number of hydrogen-bond donors (Lipinski definition) is 4. The Kier molecular flexibility index (Phi) is 14.6. The van der Waals surface area contributed by atoms with E-state index in [1.165, 1.54) is 23.8 Å². The number of nitrogens with two attached hydrogens (primary N) is 1. The second kappa shape index (κ2) is 16.9. The highest BCUT2D eigenvalue weighted by Gasteiger charge is 2.70. The number of likely N-dealkylation sites (tertiary alicyclic amines) is 1. The van der Waals surface area contributed by atoms with E-state index in [0.717, 1.165) is 31.4 Å². The van der Waals surface area contributed by atoms with Crippen molar-refractivity contribution in [1.82, 2.24) is 20.9 Å². The number of nitrogens with one attached hydrogen (secondary N) is 3. The summed E-state index contributed by atoms with van der Waals surface area (Å²) in [4.78, 5) is 53.5. The lowest BCUT2D eigenvalue weighted by Gasteiger charge is -2.37. The number of Topliss-reactive ketones (excluding diaryl/α,β-unsaturated/α-hetero) is 1. The van der Waals surface area contributed by atoms with Gasteiger partial charge in [0.05, 0.1) is 12.1 Å². The minimum Gasteiger partial charge on any atom is -0.386 e. The van der Waals surface area contributed by atoms with Crippen LogP contribution in [0.15, 0.2) is 24.9 Å². The molecule has 3 aliphatic rings. The predicted molar refractivity (Wildman–Crippen MR) is 187 cm³/mol. The van der Waals surface area contributed by atoms with Crippen LogP contribution in [0.5, 0.6) is 0 Å². The monoisotopic (exact) mass is 697 g/mol. The number of alkyl halides is 3. The minimum absolute atomic E-state index is 0.0438. The van der Waals surface area contributed by atoms with Crippen molar-refractivity contribution in [3.05, 3.63) is 24.9 Å². The molecule has 0 spiro atoms. The molecule has 0 aromatic heterocycles. The highest BCUT2D eigenvalue weighted by molar-refractivity contribution is 6.38. The van der Waals surface area contributed by atoms with Gasteiger partial charge >= 0.3 is 6.18 Å². The molecule has 0 aromatic carbocycles. The summed E-state index contributed by atoms with van der Waals surface area (Å²) in [5.74, 6) is -3.47. The summed E-state index contributed by atoms with van der Waals surface area (Å²) < 4.78 is 38.9. The largest absolute Gasteiger partial charge is 0.389 e. The van der Waals surface area contributed by atoms with Crippen molar-refractivity contribution in [3.8, 4) is 0 Å². The van der Waals surface area contributed by atoms with Gasteiger partial charge in [0.1, 0.15) is 6.04 Å². The third-order valence-corrected chi connectivity index (χ3v) is 10.8. The standard InChI is InChI=1S/C26H39F3N4O4.C11H23N/c1-5-6-13-31-22(36)19(34)16(9-12-26(27,28)29)32-21(35)18-17-15(24(17,2)3)14-33(18)23(37)20(30)25(4)10-7-8-11-25;1-7-8-10(11(4,5)6)12-9(2)3/h5,15-18,20H,1,6-14,30H2,2-4H3,(H,31,36)(H,32,35);10,12H,2,7-8H2,1,3-6H3/t15-,16?,17-,18?,20?;/m0./s1. The lowest BCUT2D eigenvalue weighted by atomic mass is 9.80. The Morgan fingerprint density at radius 3 is 2.12 bits per heavy atom. The molecule has 0 bridgehead atoms. The summed E-state index contributed by atoms with van der Waals surface area (Å²) in [5.41, 5.74) is 7.19. The average Bonchev–Trinajstić information content (AvgIpc) is 3.37. The molecule has 6 atom stereocenters. The van der Waals surface area contributed by atoms with Crippen LogP contribution in [0.3, 0.4) is 0 Å². The molecule has 3 rings (SSSR count). The molecule has 49 heavy (non-hydrogen) atoms. The van der Waals surface area contributed by atoms with E-state index in [2.05, 4.69) is 56.8 Å². The van der Waals surface area contributed by atoms with E-state index in [-0.39, 0.29) is 35.1 Å². The van der Waals surface area contributed by atoms with E-state index in [1.807, 2.05) is 27.7 Å². The Morgan fingerprint density at radius 2 is 1.63 bits per heavy atom. The molecule has 1 heterocycles. The number of allylic oxidation sites excluding steroid dienone is 1. The van der Waals surface area contributed by atoms with Gasteiger partial charge in [-0.3, -0.25) is 19.2 Å². The van der Waals surface area contributed by atoms with Gasteiger partial charge in [-0.05, 0) is 67.1 Å². The Labute approximate surface area is 291 Å². The molecule has 1 saturated heterocycles. The molecule has 280 valence electrons. The fraction of sp³-hybridized carbons (Fsp3) is 0.784. The zero-order valence-electron chi connectivity index (χ0n) is 31.0. The molecular weight excluding hydrogens is 635 g/mol. The van der Waals surface area contributed by atoms with Gasteiger partial charge in [-0.1, -0.05) is 80.4 Å². The Bertz CT molecular complexity index is 1210. The number of rotatable bonds is 15. The van der Waals surface area contributed by atoms with Crippen LogP contribution in [0.2, 0.25) is 0 Å². The maximum absolute atomic E-state index is 13.5. The molecule has 0 aromatic rings. The summed E-state index contributed by atoms with van der Waals surface area (Å²) in [5, 5.41) is 8.16. The van der Waals surface area contributed by atoms with Crippen LogP contribution < -0.4 is 21.7 Å². The van der Waals surface area contributed by atoms with Gasteiger partial charge in [0.2, 0.25) is 17.6 Å². The van der Waals surface area contributed by atoms with Crippen molar-refractivity contribution < 1.29 is 32.3 Å². The van der Waals surface area contributed by atoms with Gasteiger partial charge in [-0.25, -0.2) is 0 Å². The molecule has 9 nitrogen and oxygen atoms in total. The topological polar surface area (TPSA) is 134 Å². The minimum atomic E-state index is -4.58. The molecular formula is C37H62F3N5O4. The van der Waals surface area contributed by atoms with Crippen LogP contribution >= 0.6 is 0 Å². The van der Waals surface area contributed by atoms with Crippen molar-refractivity contribution in [2.75, 3.05) is 13.1 Å². The van der Waals surface area contributed by atoms with Gasteiger partial charge in [0.25, 0.3) is 5.91 Å². The molecule has 3 amide bonds. The molecule has 0 radical (unpaired) electrons. The maximum Gasteiger partial charge on any atom is 0.389 e. The number of carbonyl (C=O) groups is 4. The first-order chi connectivity index (χ1) is 22.5. The number of amides is 3. The number of ketones is 1. The van der Waals surface area contributed by atoms with Gasteiger partial charge < -0.3 is 26.6 Å². The van der Waals surface area contributed by atoms with E-state index in [9.17, 15) is 32.3 Å². The highest BCUT2D eigenvalue weighted by Crippen LogP contribution is 2.65. The van der Waals surface area contributed by atoms with Crippen molar-refractivity contribution in [2.24, 2.45) is 33.8 Å². The first-order valence-corrected chi connectivity index (χ1v) is 17.8. The fourth-order valence-electron chi connectivity index (χ4n) is 7.46. The Morgan fingerprint density at radius 1 is 1.04 bits per heavy atom. The second-order valence-electron chi connectivity index (χ2n) is 16.3. The summed E-state index contributed by atoms with van der Waals surface area (Å²) >= 11 is 0. The number of hydrogen-bond acceptors (Lipinski definition) is 6. The zero-order valence-corrected chi connectivity index (χ0v) is 31.0. The van der Waals surface area contributed by atoms with Crippen LogP contribution in [-0.2, 0) is 19.2 Å². The smallest absolute Gasteiger partial charge is 0.386 e.